The maximum atomic E-state index is 13.9. The number of rotatable bonds is 4. The van der Waals surface area contributed by atoms with Crippen LogP contribution in [0.15, 0.2) is 73.1 Å². The van der Waals surface area contributed by atoms with Crippen molar-refractivity contribution in [3.05, 3.63) is 89.0 Å². The number of para-hydroxylation sites is 1. The Kier molecular flexibility index (Phi) is 3.81. The van der Waals surface area contributed by atoms with E-state index in [2.05, 4.69) is 5.10 Å². The molecule has 2 aromatic heterocycles. The largest absolute Gasteiger partial charge is 0.452 e. The number of hydrogen-bond acceptors (Lipinski definition) is 4. The zero-order valence-corrected chi connectivity index (χ0v) is 13.4. The standard InChI is InChI=1S/C19H12FN3O3/c20-16-6-1-2-7-17(16)26-18-8-10-21-22-11-9-15(19(18)22)13-4-3-5-14(12-13)23(24)25/h1-12H. The SMILES string of the molecule is O=[N+]([O-])c1cccc(-c2ccn3nccc(Oc4ccccc4F)c23)c1. The van der Waals surface area contributed by atoms with Crippen molar-refractivity contribution in [1.29, 1.82) is 0 Å². The van der Waals surface area contributed by atoms with E-state index in [1.54, 1.807) is 53.3 Å². The van der Waals surface area contributed by atoms with Gasteiger partial charge in [0.1, 0.15) is 5.52 Å². The summed E-state index contributed by atoms with van der Waals surface area (Å²) >= 11 is 0. The fraction of sp³-hybridized carbons (Fsp3) is 0. The molecule has 4 aromatic rings. The Morgan fingerprint density at radius 2 is 1.88 bits per heavy atom. The van der Waals surface area contributed by atoms with E-state index >= 15 is 0 Å². The van der Waals surface area contributed by atoms with Crippen LogP contribution in [0.5, 0.6) is 11.5 Å². The van der Waals surface area contributed by atoms with Crippen molar-refractivity contribution in [2.24, 2.45) is 0 Å². The number of aromatic nitrogens is 2. The molecule has 0 amide bonds. The lowest BCUT2D eigenvalue weighted by atomic mass is 10.1. The lowest BCUT2D eigenvalue weighted by molar-refractivity contribution is -0.384. The molecular formula is C19H12FN3O3. The number of fused-ring (bicyclic) bond motifs is 1. The topological polar surface area (TPSA) is 69.7 Å². The molecule has 128 valence electrons. The second-order valence-corrected chi connectivity index (χ2v) is 5.56. The molecule has 0 fully saturated rings. The predicted molar refractivity (Wildman–Crippen MR) is 93.8 cm³/mol. The monoisotopic (exact) mass is 349 g/mol. The van der Waals surface area contributed by atoms with Gasteiger partial charge in [-0.25, -0.2) is 8.91 Å². The van der Waals surface area contributed by atoms with E-state index in [1.165, 1.54) is 24.3 Å². The smallest absolute Gasteiger partial charge is 0.270 e. The molecule has 2 heterocycles. The van der Waals surface area contributed by atoms with Gasteiger partial charge in [-0.1, -0.05) is 24.3 Å². The van der Waals surface area contributed by atoms with Crippen molar-refractivity contribution in [2.45, 2.75) is 0 Å². The van der Waals surface area contributed by atoms with Crippen LogP contribution in [0.4, 0.5) is 10.1 Å². The Balaban J connectivity index is 1.86. The van der Waals surface area contributed by atoms with Crippen molar-refractivity contribution in [2.75, 3.05) is 0 Å². The molecule has 6 nitrogen and oxygen atoms in total. The minimum atomic E-state index is -0.481. The summed E-state index contributed by atoms with van der Waals surface area (Å²) in [6, 6.07) is 15.8. The molecule has 0 aliphatic rings. The number of non-ortho nitro benzene ring substituents is 1. The van der Waals surface area contributed by atoms with Gasteiger partial charge in [0, 0.05) is 30.0 Å². The van der Waals surface area contributed by atoms with Crippen LogP contribution in [0.1, 0.15) is 0 Å². The molecule has 0 spiro atoms. The van der Waals surface area contributed by atoms with Crippen molar-refractivity contribution in [3.63, 3.8) is 0 Å². The summed E-state index contributed by atoms with van der Waals surface area (Å²) in [4.78, 5) is 10.6. The molecule has 0 radical (unpaired) electrons. The summed E-state index contributed by atoms with van der Waals surface area (Å²) in [6.45, 7) is 0. The molecule has 2 aromatic carbocycles. The van der Waals surface area contributed by atoms with Gasteiger partial charge in [-0.2, -0.15) is 5.10 Å². The van der Waals surface area contributed by atoms with Crippen LogP contribution in [-0.4, -0.2) is 14.5 Å². The number of ether oxygens (including phenoxy) is 1. The first kappa shape index (κ1) is 15.8. The highest BCUT2D eigenvalue weighted by Crippen LogP contribution is 2.35. The van der Waals surface area contributed by atoms with E-state index in [1.807, 2.05) is 0 Å². The third kappa shape index (κ3) is 2.75. The number of nitro groups is 1. The van der Waals surface area contributed by atoms with Gasteiger partial charge in [0.25, 0.3) is 5.69 Å². The van der Waals surface area contributed by atoms with Crippen molar-refractivity contribution >= 4 is 11.2 Å². The van der Waals surface area contributed by atoms with E-state index in [0.717, 1.165) is 0 Å². The Morgan fingerprint density at radius 1 is 1.04 bits per heavy atom. The maximum Gasteiger partial charge on any atom is 0.270 e. The van der Waals surface area contributed by atoms with Gasteiger partial charge in [0.05, 0.1) is 11.1 Å². The van der Waals surface area contributed by atoms with Gasteiger partial charge >= 0.3 is 0 Å². The first-order valence-corrected chi connectivity index (χ1v) is 7.77. The zero-order chi connectivity index (χ0) is 18.1. The summed E-state index contributed by atoms with van der Waals surface area (Å²) in [5.41, 5.74) is 1.93. The number of halogens is 1. The van der Waals surface area contributed by atoms with Gasteiger partial charge in [-0.15, -0.1) is 0 Å². The van der Waals surface area contributed by atoms with E-state index < -0.39 is 10.7 Å². The average Bonchev–Trinajstić information content (AvgIpc) is 3.09. The highest BCUT2D eigenvalue weighted by atomic mass is 19.1. The summed E-state index contributed by atoms with van der Waals surface area (Å²) in [5, 5.41) is 15.3. The van der Waals surface area contributed by atoms with Crippen LogP contribution < -0.4 is 4.74 Å². The molecule has 0 N–H and O–H groups in total. The van der Waals surface area contributed by atoms with Crippen LogP contribution >= 0.6 is 0 Å². The van der Waals surface area contributed by atoms with Gasteiger partial charge in [0.15, 0.2) is 17.3 Å². The van der Waals surface area contributed by atoms with E-state index in [0.29, 0.717) is 22.4 Å². The van der Waals surface area contributed by atoms with Crippen LogP contribution in [0.25, 0.3) is 16.6 Å². The molecule has 0 atom stereocenters. The van der Waals surface area contributed by atoms with Crippen molar-refractivity contribution in [1.82, 2.24) is 9.61 Å². The zero-order valence-electron chi connectivity index (χ0n) is 13.4. The van der Waals surface area contributed by atoms with Crippen LogP contribution in [0.2, 0.25) is 0 Å². The van der Waals surface area contributed by atoms with E-state index in [-0.39, 0.29) is 11.4 Å². The summed E-state index contributed by atoms with van der Waals surface area (Å²) in [5.74, 6) is 0.00863. The fourth-order valence-corrected chi connectivity index (χ4v) is 2.76. The Bertz CT molecular complexity index is 1120. The highest BCUT2D eigenvalue weighted by Gasteiger charge is 2.15. The lowest BCUT2D eigenvalue weighted by Gasteiger charge is -2.10. The highest BCUT2D eigenvalue weighted by molar-refractivity contribution is 5.86. The summed E-state index contributed by atoms with van der Waals surface area (Å²) in [7, 11) is 0. The van der Waals surface area contributed by atoms with Crippen LogP contribution in [0.3, 0.4) is 0 Å². The minimum absolute atomic E-state index is 0.0117. The number of nitrogens with zero attached hydrogens (tertiary/aromatic N) is 3. The third-order valence-corrected chi connectivity index (χ3v) is 3.94. The summed E-state index contributed by atoms with van der Waals surface area (Å²) in [6.07, 6.45) is 3.26. The second-order valence-electron chi connectivity index (χ2n) is 5.56. The molecule has 0 saturated carbocycles. The van der Waals surface area contributed by atoms with Crippen molar-refractivity contribution in [3.8, 4) is 22.6 Å². The molecule has 7 heteroatoms. The Labute approximate surface area is 147 Å². The normalized spacial score (nSPS) is 10.8. The Morgan fingerprint density at radius 3 is 2.69 bits per heavy atom. The molecule has 0 unspecified atom stereocenters. The molecule has 0 aliphatic carbocycles. The minimum Gasteiger partial charge on any atom is -0.452 e. The molecule has 4 rings (SSSR count). The van der Waals surface area contributed by atoms with Gasteiger partial charge in [-0.05, 0) is 23.8 Å². The molecular weight excluding hydrogens is 337 g/mol. The van der Waals surface area contributed by atoms with Crippen LogP contribution in [0, 0.1) is 15.9 Å². The molecule has 0 aliphatic heterocycles. The number of benzene rings is 2. The third-order valence-electron chi connectivity index (χ3n) is 3.94. The first-order chi connectivity index (χ1) is 12.6. The van der Waals surface area contributed by atoms with Gasteiger partial charge in [-0.3, -0.25) is 10.1 Å². The predicted octanol–water partition coefficient (Wildman–Crippen LogP) is 4.84. The number of nitro benzene ring substituents is 1. The van der Waals surface area contributed by atoms with E-state index in [9.17, 15) is 14.5 Å². The van der Waals surface area contributed by atoms with Gasteiger partial charge < -0.3 is 4.74 Å². The van der Waals surface area contributed by atoms with Crippen LogP contribution in [-0.2, 0) is 0 Å². The van der Waals surface area contributed by atoms with Gasteiger partial charge in [0.2, 0.25) is 0 Å². The Hall–Kier alpha value is -3.74. The first-order valence-electron chi connectivity index (χ1n) is 7.77. The molecule has 0 saturated heterocycles. The average molecular weight is 349 g/mol. The van der Waals surface area contributed by atoms with Crippen molar-refractivity contribution < 1.29 is 14.1 Å². The summed E-state index contributed by atoms with van der Waals surface area (Å²) < 4.78 is 21.3. The molecule has 0 bridgehead atoms. The number of hydrogen-bond donors (Lipinski definition) is 0. The lowest BCUT2D eigenvalue weighted by Crippen LogP contribution is -1.95. The fourth-order valence-electron chi connectivity index (χ4n) is 2.76. The van der Waals surface area contributed by atoms with E-state index in [4.69, 9.17) is 4.74 Å². The maximum absolute atomic E-state index is 13.9. The quantitative estimate of drug-likeness (QED) is 0.390. The molecule has 26 heavy (non-hydrogen) atoms. The second kappa shape index (κ2) is 6.29.